The van der Waals surface area contributed by atoms with E-state index in [2.05, 4.69) is 40.4 Å². The average molecular weight is 1050 g/mol. The van der Waals surface area contributed by atoms with Crippen LogP contribution < -0.4 is 18.8 Å². The first-order valence-electron chi connectivity index (χ1n) is 21.2. The molecule has 0 aliphatic rings. The molecular weight excluding hydrogens is 1010 g/mol. The molecule has 0 saturated carbocycles. The zero-order valence-corrected chi connectivity index (χ0v) is 41.5. The normalized spacial score (nSPS) is 11.7. The molecule has 0 spiro atoms. The number of aryl methyl sites for hydroxylation is 2. The van der Waals surface area contributed by atoms with E-state index in [1.165, 1.54) is 69.5 Å². The van der Waals surface area contributed by atoms with Crippen molar-refractivity contribution < 1.29 is 43.5 Å². The Hall–Kier alpha value is -6.63. The summed E-state index contributed by atoms with van der Waals surface area (Å²) in [7, 11) is -7.59. The number of fused-ring (bicyclic) bond motifs is 2. The molecule has 0 aliphatic heterocycles. The van der Waals surface area contributed by atoms with Crippen molar-refractivity contribution in [2.24, 2.45) is 20.5 Å². The van der Waals surface area contributed by atoms with E-state index >= 15 is 0 Å². The van der Waals surface area contributed by atoms with E-state index in [-0.39, 0.29) is 62.5 Å². The van der Waals surface area contributed by atoms with E-state index in [4.69, 9.17) is 23.2 Å². The first-order chi connectivity index (χ1) is 32.7. The van der Waals surface area contributed by atoms with Crippen LogP contribution >= 0.6 is 23.2 Å². The monoisotopic (exact) mass is 1050 g/mol. The standard InChI is InChI=1S/2C24H22ClN5O3S.Ni/c2*1-3-16-14-19-21(31)12-11-20(23(19)27-24(16)25)28-29-22-13-10-18(15-26-22)34(32,33)30(4-2)17-8-6-5-7-9-17;/h2*5-15,31H,3-4H2,1-2H3;/q;;+2/p-2. The maximum absolute atomic E-state index is 13.1. The summed E-state index contributed by atoms with van der Waals surface area (Å²) in [6, 6.07) is 32.8. The maximum Gasteiger partial charge on any atom is 2.00 e. The van der Waals surface area contributed by atoms with Crippen LogP contribution in [0.4, 0.5) is 34.4 Å². The van der Waals surface area contributed by atoms with Crippen LogP contribution in [-0.2, 0) is 49.4 Å². The average Bonchev–Trinajstić information content (AvgIpc) is 3.35. The van der Waals surface area contributed by atoms with Gasteiger partial charge in [-0.25, -0.2) is 36.8 Å². The van der Waals surface area contributed by atoms with E-state index in [9.17, 15) is 27.0 Å². The summed E-state index contributed by atoms with van der Waals surface area (Å²) in [4.78, 5) is 17.0. The second kappa shape index (κ2) is 22.7. The van der Waals surface area contributed by atoms with Crippen molar-refractivity contribution in [2.75, 3.05) is 21.7 Å². The number of pyridine rings is 4. The third-order valence-electron chi connectivity index (χ3n) is 10.5. The summed E-state index contributed by atoms with van der Waals surface area (Å²) in [6.07, 6.45) is 3.78. The third kappa shape index (κ3) is 11.5. The number of sulfonamides is 2. The van der Waals surface area contributed by atoms with Crippen LogP contribution in [-0.4, -0.2) is 49.9 Å². The molecule has 0 bridgehead atoms. The molecule has 0 unspecified atom stereocenters. The molecule has 16 nitrogen and oxygen atoms in total. The summed E-state index contributed by atoms with van der Waals surface area (Å²) >= 11 is 12.5. The Labute approximate surface area is 419 Å². The molecule has 21 heteroatoms. The summed E-state index contributed by atoms with van der Waals surface area (Å²) in [5.74, 6) is 0.0495. The Bertz CT molecular complexity index is 3150. The van der Waals surface area contributed by atoms with Gasteiger partial charge in [-0.2, -0.15) is 0 Å². The van der Waals surface area contributed by atoms with E-state index in [0.29, 0.717) is 67.7 Å². The number of anilines is 2. The van der Waals surface area contributed by atoms with Gasteiger partial charge in [0, 0.05) is 25.5 Å². The zero-order valence-electron chi connectivity index (χ0n) is 37.3. The summed E-state index contributed by atoms with van der Waals surface area (Å²) in [5.41, 5.74) is 4.10. The minimum atomic E-state index is -3.79. The van der Waals surface area contributed by atoms with Crippen LogP contribution in [0.15, 0.2) is 164 Å². The molecule has 0 atom stereocenters. The van der Waals surface area contributed by atoms with Gasteiger partial charge in [-0.1, -0.05) is 97.1 Å². The van der Waals surface area contributed by atoms with Crippen molar-refractivity contribution in [2.45, 2.75) is 50.3 Å². The van der Waals surface area contributed by atoms with Crippen molar-refractivity contribution in [3.05, 3.63) is 155 Å². The SMILES string of the molecule is CCc1cc2c([O-])ccc(N=Nc3ccc(S(=O)(=O)N(CC)c4ccccc4)cn3)c2nc1Cl.CCc1cc2c([O-])ccc(N=Nc3ccc(S(=O)(=O)N(CC)c4ccccc4)cn3)c2nc1Cl.[Ni+2]. The smallest absolute Gasteiger partial charge is 0.872 e. The van der Waals surface area contributed by atoms with Crippen molar-refractivity contribution >= 4 is 99.4 Å². The minimum absolute atomic E-state index is 0. The fourth-order valence-corrected chi connectivity index (χ4v) is 10.3. The largest absolute Gasteiger partial charge is 2.00 e. The first kappa shape index (κ1) is 51.8. The quantitative estimate of drug-likeness (QED) is 0.0569. The topological polar surface area (TPSA) is 222 Å². The fraction of sp³-hybridized carbons (Fsp3) is 0.167. The van der Waals surface area contributed by atoms with Crippen molar-refractivity contribution in [3.8, 4) is 11.5 Å². The molecule has 0 saturated heterocycles. The van der Waals surface area contributed by atoms with Gasteiger partial charge in [0.05, 0.1) is 22.4 Å². The van der Waals surface area contributed by atoms with Gasteiger partial charge < -0.3 is 10.2 Å². The summed E-state index contributed by atoms with van der Waals surface area (Å²) < 4.78 is 55.0. The van der Waals surface area contributed by atoms with Gasteiger partial charge in [0.15, 0.2) is 11.6 Å². The number of nitrogens with zero attached hydrogens (tertiary/aromatic N) is 10. The van der Waals surface area contributed by atoms with Crippen LogP contribution in [0.2, 0.25) is 10.3 Å². The van der Waals surface area contributed by atoms with Gasteiger partial charge in [-0.15, -0.1) is 20.5 Å². The molecule has 69 heavy (non-hydrogen) atoms. The molecule has 356 valence electrons. The van der Waals surface area contributed by atoms with Crippen LogP contribution in [0.5, 0.6) is 11.5 Å². The van der Waals surface area contributed by atoms with Gasteiger partial charge in [0.1, 0.15) is 31.5 Å². The number of azo groups is 2. The molecule has 4 aromatic heterocycles. The third-order valence-corrected chi connectivity index (χ3v) is 14.9. The zero-order chi connectivity index (χ0) is 48.6. The number of rotatable bonds is 14. The molecule has 4 aromatic carbocycles. The summed E-state index contributed by atoms with van der Waals surface area (Å²) in [6.45, 7) is 7.93. The predicted octanol–water partition coefficient (Wildman–Crippen LogP) is 11.1. The van der Waals surface area contributed by atoms with Crippen LogP contribution in [0, 0.1) is 0 Å². The number of para-hydroxylation sites is 2. The number of benzene rings is 4. The predicted molar refractivity (Wildman–Crippen MR) is 261 cm³/mol. The molecular formula is C48H42Cl2N10NiO6S2. The second-order valence-corrected chi connectivity index (χ2v) is 19.1. The molecule has 0 fully saturated rings. The van der Waals surface area contributed by atoms with E-state index in [1.54, 1.807) is 74.5 Å². The number of halogens is 2. The van der Waals surface area contributed by atoms with E-state index in [1.807, 2.05) is 26.0 Å². The Morgan fingerprint density at radius 1 is 0.522 bits per heavy atom. The van der Waals surface area contributed by atoms with Crippen LogP contribution in [0.25, 0.3) is 21.8 Å². The number of hydrogen-bond acceptors (Lipinski definition) is 14. The Morgan fingerprint density at radius 3 is 1.22 bits per heavy atom. The molecule has 0 N–H and O–H groups in total. The van der Waals surface area contributed by atoms with Crippen molar-refractivity contribution in [1.82, 2.24) is 19.9 Å². The number of hydrogen-bond donors (Lipinski definition) is 0. The van der Waals surface area contributed by atoms with Gasteiger partial charge in [0.25, 0.3) is 20.0 Å². The summed E-state index contributed by atoms with van der Waals surface area (Å²) in [5, 5.41) is 42.5. The Balaban J connectivity index is 0.000000224. The molecule has 4 heterocycles. The fourth-order valence-electron chi connectivity index (χ4n) is 6.94. The minimum Gasteiger partial charge on any atom is -0.872 e. The van der Waals surface area contributed by atoms with Crippen molar-refractivity contribution in [3.63, 3.8) is 0 Å². The number of aromatic nitrogens is 4. The van der Waals surface area contributed by atoms with Gasteiger partial charge in [-0.3, -0.25) is 8.61 Å². The maximum atomic E-state index is 13.1. The first-order valence-corrected chi connectivity index (χ1v) is 24.8. The van der Waals surface area contributed by atoms with Gasteiger partial charge in [0.2, 0.25) is 0 Å². The van der Waals surface area contributed by atoms with E-state index in [0.717, 1.165) is 11.1 Å². The molecule has 0 amide bonds. The Kier molecular flexibility index (Phi) is 17.0. The Morgan fingerprint density at radius 2 is 0.899 bits per heavy atom. The van der Waals surface area contributed by atoms with E-state index < -0.39 is 20.0 Å². The van der Waals surface area contributed by atoms with Crippen molar-refractivity contribution in [1.29, 1.82) is 0 Å². The van der Waals surface area contributed by atoms with Crippen LogP contribution in [0.3, 0.4) is 0 Å². The second-order valence-electron chi connectivity index (χ2n) is 14.7. The van der Waals surface area contributed by atoms with Crippen LogP contribution in [0.1, 0.15) is 38.8 Å². The molecule has 0 aliphatic carbocycles. The molecule has 0 radical (unpaired) electrons. The van der Waals surface area contributed by atoms with Gasteiger partial charge >= 0.3 is 16.5 Å². The molecule has 8 aromatic rings. The molecule has 8 rings (SSSR count). The van der Waals surface area contributed by atoms with Gasteiger partial charge in [-0.05, 0) is 121 Å².